The van der Waals surface area contributed by atoms with Crippen LogP contribution in [0.3, 0.4) is 0 Å². The molecule has 0 spiro atoms. The summed E-state index contributed by atoms with van der Waals surface area (Å²) in [7, 11) is 3.43. The maximum atomic E-state index is 12.4. The van der Waals surface area contributed by atoms with Crippen molar-refractivity contribution >= 4 is 17.3 Å². The fourth-order valence-electron chi connectivity index (χ4n) is 2.05. The molecule has 0 aliphatic carbocycles. The number of carbonyl (C=O) groups is 1. The average molecular weight is 285 g/mol. The Balaban J connectivity index is 2.19. The number of para-hydroxylation sites is 1. The van der Waals surface area contributed by atoms with E-state index in [4.69, 9.17) is 4.74 Å². The minimum Gasteiger partial charge on any atom is -0.386 e. The van der Waals surface area contributed by atoms with E-state index in [2.05, 4.69) is 15.6 Å². The number of anilines is 2. The first-order valence-electron chi connectivity index (χ1n) is 6.76. The zero-order valence-electron chi connectivity index (χ0n) is 12.2. The first-order chi connectivity index (χ1) is 10.3. The highest BCUT2D eigenvalue weighted by atomic mass is 16.5. The molecule has 1 heterocycles. The lowest BCUT2D eigenvalue weighted by atomic mass is 10.1. The van der Waals surface area contributed by atoms with E-state index in [1.54, 1.807) is 32.6 Å². The molecule has 1 amide bonds. The Labute approximate surface area is 124 Å². The number of nitrogens with zero attached hydrogens (tertiary/aromatic N) is 1. The highest BCUT2D eigenvalue weighted by molar-refractivity contribution is 6.08. The predicted molar refractivity (Wildman–Crippen MR) is 83.8 cm³/mol. The highest BCUT2D eigenvalue weighted by Crippen LogP contribution is 2.19. The van der Waals surface area contributed by atoms with Crippen LogP contribution in [0.1, 0.15) is 15.9 Å². The van der Waals surface area contributed by atoms with Crippen LogP contribution < -0.4 is 10.6 Å². The van der Waals surface area contributed by atoms with E-state index in [9.17, 15) is 4.79 Å². The van der Waals surface area contributed by atoms with Crippen LogP contribution in [0, 0.1) is 0 Å². The van der Waals surface area contributed by atoms with Crippen molar-refractivity contribution in [1.82, 2.24) is 4.98 Å². The maximum absolute atomic E-state index is 12.4. The number of hydrogen-bond acceptors (Lipinski definition) is 4. The molecule has 0 saturated carbocycles. The van der Waals surface area contributed by atoms with Crippen molar-refractivity contribution in [3.63, 3.8) is 0 Å². The smallest absolute Gasteiger partial charge is 0.257 e. The molecule has 2 rings (SSSR count). The van der Waals surface area contributed by atoms with E-state index < -0.39 is 0 Å². The van der Waals surface area contributed by atoms with Crippen molar-refractivity contribution in [2.75, 3.05) is 31.4 Å². The Morgan fingerprint density at radius 2 is 2.05 bits per heavy atom. The number of amides is 1. The van der Waals surface area contributed by atoms with Crippen molar-refractivity contribution in [1.29, 1.82) is 0 Å². The van der Waals surface area contributed by atoms with E-state index in [0.29, 0.717) is 17.9 Å². The van der Waals surface area contributed by atoms with Crippen molar-refractivity contribution < 1.29 is 9.53 Å². The molecule has 0 saturated heterocycles. The molecule has 5 heteroatoms. The lowest BCUT2D eigenvalue weighted by Crippen LogP contribution is -2.15. The molecule has 21 heavy (non-hydrogen) atoms. The Morgan fingerprint density at radius 1 is 1.24 bits per heavy atom. The number of aromatic nitrogens is 1. The van der Waals surface area contributed by atoms with Crippen LogP contribution in [0.15, 0.2) is 42.7 Å². The van der Waals surface area contributed by atoms with E-state index in [1.165, 1.54) is 0 Å². The first-order valence-corrected chi connectivity index (χ1v) is 6.76. The summed E-state index contributed by atoms with van der Waals surface area (Å²) in [5.41, 5.74) is 3.12. The quantitative estimate of drug-likeness (QED) is 0.856. The standard InChI is InChI=1S/C16H19N3O2/c1-17-15-11-18-9-7-13(15)16(20)19-14-6-4-3-5-12(14)8-10-21-2/h3-7,9,11,17H,8,10H2,1-2H3,(H,19,20). The van der Waals surface area contributed by atoms with E-state index in [0.717, 1.165) is 17.7 Å². The number of hydrogen-bond donors (Lipinski definition) is 2. The zero-order chi connectivity index (χ0) is 15.1. The fraction of sp³-hybridized carbons (Fsp3) is 0.250. The van der Waals surface area contributed by atoms with Crippen LogP contribution in [0.2, 0.25) is 0 Å². The predicted octanol–water partition coefficient (Wildman–Crippen LogP) is 2.56. The van der Waals surface area contributed by atoms with Crippen LogP contribution in [0.25, 0.3) is 0 Å². The third kappa shape index (κ3) is 3.79. The lowest BCUT2D eigenvalue weighted by Gasteiger charge is -2.12. The van der Waals surface area contributed by atoms with Crippen LogP contribution >= 0.6 is 0 Å². The molecule has 0 atom stereocenters. The van der Waals surface area contributed by atoms with Gasteiger partial charge in [-0.05, 0) is 24.1 Å². The number of pyridine rings is 1. The van der Waals surface area contributed by atoms with Gasteiger partial charge in [0, 0.05) is 26.0 Å². The molecule has 0 fully saturated rings. The molecule has 0 unspecified atom stereocenters. The molecule has 5 nitrogen and oxygen atoms in total. The van der Waals surface area contributed by atoms with Gasteiger partial charge in [0.25, 0.3) is 5.91 Å². The lowest BCUT2D eigenvalue weighted by molar-refractivity contribution is 0.102. The van der Waals surface area contributed by atoms with Gasteiger partial charge in [-0.15, -0.1) is 0 Å². The molecule has 1 aromatic heterocycles. The average Bonchev–Trinajstić information content (AvgIpc) is 2.54. The van der Waals surface area contributed by atoms with Gasteiger partial charge in [0.1, 0.15) is 0 Å². The molecule has 0 aliphatic heterocycles. The number of carbonyl (C=O) groups excluding carboxylic acids is 1. The van der Waals surface area contributed by atoms with Crippen LogP contribution in [-0.2, 0) is 11.2 Å². The minimum atomic E-state index is -0.161. The van der Waals surface area contributed by atoms with Gasteiger partial charge in [0.05, 0.1) is 24.1 Å². The second-order valence-electron chi connectivity index (χ2n) is 4.53. The summed E-state index contributed by atoms with van der Waals surface area (Å²) in [6.45, 7) is 0.615. The van der Waals surface area contributed by atoms with Gasteiger partial charge < -0.3 is 15.4 Å². The monoisotopic (exact) mass is 285 g/mol. The molecule has 0 bridgehead atoms. The van der Waals surface area contributed by atoms with E-state index in [1.807, 2.05) is 24.3 Å². The van der Waals surface area contributed by atoms with Gasteiger partial charge in [-0.2, -0.15) is 0 Å². The second-order valence-corrected chi connectivity index (χ2v) is 4.53. The first kappa shape index (κ1) is 15.0. The SMILES string of the molecule is CNc1cnccc1C(=O)Nc1ccccc1CCOC. The molecular formula is C16H19N3O2. The van der Waals surface area contributed by atoms with Crippen molar-refractivity contribution in [3.8, 4) is 0 Å². The topological polar surface area (TPSA) is 63.2 Å². The summed E-state index contributed by atoms with van der Waals surface area (Å²) >= 11 is 0. The van der Waals surface area contributed by atoms with Gasteiger partial charge >= 0.3 is 0 Å². The van der Waals surface area contributed by atoms with Gasteiger partial charge in [-0.25, -0.2) is 0 Å². The Morgan fingerprint density at radius 3 is 2.81 bits per heavy atom. The summed E-state index contributed by atoms with van der Waals surface area (Å²) in [6.07, 6.45) is 3.99. The number of methoxy groups -OCH3 is 1. The molecular weight excluding hydrogens is 266 g/mol. The largest absolute Gasteiger partial charge is 0.386 e. The minimum absolute atomic E-state index is 0.161. The van der Waals surface area contributed by atoms with Crippen LogP contribution in [0.5, 0.6) is 0 Å². The van der Waals surface area contributed by atoms with Crippen molar-refractivity contribution in [2.24, 2.45) is 0 Å². The van der Waals surface area contributed by atoms with Crippen LogP contribution in [-0.4, -0.2) is 31.7 Å². The Bertz CT molecular complexity index is 614. The van der Waals surface area contributed by atoms with Crippen molar-refractivity contribution in [2.45, 2.75) is 6.42 Å². The molecule has 110 valence electrons. The summed E-state index contributed by atoms with van der Waals surface area (Å²) in [4.78, 5) is 16.4. The third-order valence-electron chi connectivity index (χ3n) is 3.18. The van der Waals surface area contributed by atoms with Gasteiger partial charge in [-0.3, -0.25) is 9.78 Å². The molecule has 2 N–H and O–H groups in total. The molecule has 2 aromatic rings. The molecule has 0 radical (unpaired) electrons. The second kappa shape index (κ2) is 7.40. The number of benzene rings is 1. The molecule has 1 aromatic carbocycles. The summed E-state index contributed by atoms with van der Waals surface area (Å²) < 4.78 is 5.10. The highest BCUT2D eigenvalue weighted by Gasteiger charge is 2.12. The number of ether oxygens (including phenoxy) is 1. The Kier molecular flexibility index (Phi) is 5.29. The van der Waals surface area contributed by atoms with Gasteiger partial charge in [0.15, 0.2) is 0 Å². The summed E-state index contributed by atoms with van der Waals surface area (Å²) in [6, 6.07) is 9.42. The fourth-order valence-corrected chi connectivity index (χ4v) is 2.05. The summed E-state index contributed by atoms with van der Waals surface area (Å²) in [5, 5.41) is 5.92. The zero-order valence-corrected chi connectivity index (χ0v) is 12.2. The van der Waals surface area contributed by atoms with Gasteiger partial charge in [-0.1, -0.05) is 18.2 Å². The van der Waals surface area contributed by atoms with Crippen molar-refractivity contribution in [3.05, 3.63) is 53.9 Å². The normalized spacial score (nSPS) is 10.2. The number of rotatable bonds is 6. The summed E-state index contributed by atoms with van der Waals surface area (Å²) in [5.74, 6) is -0.161. The van der Waals surface area contributed by atoms with Crippen LogP contribution in [0.4, 0.5) is 11.4 Å². The van der Waals surface area contributed by atoms with Gasteiger partial charge in [0.2, 0.25) is 0 Å². The third-order valence-corrected chi connectivity index (χ3v) is 3.18. The molecule has 0 aliphatic rings. The Hall–Kier alpha value is -2.40. The van der Waals surface area contributed by atoms with E-state index in [-0.39, 0.29) is 5.91 Å². The van der Waals surface area contributed by atoms with E-state index >= 15 is 0 Å². The number of nitrogens with one attached hydrogen (secondary N) is 2. The maximum Gasteiger partial charge on any atom is 0.257 e.